The Kier molecular flexibility index (Phi) is 4.36. The van der Waals surface area contributed by atoms with Crippen LogP contribution in [0.15, 0.2) is 12.4 Å². The second kappa shape index (κ2) is 6.00. The molecule has 0 aromatic carbocycles. The fourth-order valence-corrected chi connectivity index (χ4v) is 2.71. The number of aromatic nitrogens is 2. The van der Waals surface area contributed by atoms with Crippen molar-refractivity contribution in [1.29, 1.82) is 0 Å². The van der Waals surface area contributed by atoms with Crippen LogP contribution >= 0.6 is 0 Å². The monoisotopic (exact) mass is 250 g/mol. The van der Waals surface area contributed by atoms with E-state index in [1.54, 1.807) is 6.20 Å². The molecule has 2 rings (SSSR count). The molecule has 18 heavy (non-hydrogen) atoms. The Morgan fingerprint density at radius 3 is 3.11 bits per heavy atom. The molecule has 5 nitrogen and oxygen atoms in total. The van der Waals surface area contributed by atoms with Crippen molar-refractivity contribution in [3.63, 3.8) is 0 Å². The number of hydrogen-bond donors (Lipinski definition) is 3. The van der Waals surface area contributed by atoms with E-state index >= 15 is 0 Å². The summed E-state index contributed by atoms with van der Waals surface area (Å²) < 4.78 is 0. The second-order valence-corrected chi connectivity index (χ2v) is 5.10. The third-order valence-electron chi connectivity index (χ3n) is 3.69. The Hall–Kier alpha value is -1.36. The first-order valence-electron chi connectivity index (χ1n) is 6.73. The number of hydrogen-bond acceptors (Lipinski definition) is 3. The van der Waals surface area contributed by atoms with Gasteiger partial charge in [-0.1, -0.05) is 13.3 Å². The molecule has 1 aromatic rings. The molecule has 1 aromatic heterocycles. The predicted octanol–water partition coefficient (Wildman–Crippen LogP) is 1.20. The minimum absolute atomic E-state index is 0.178. The smallest absolute Gasteiger partial charge is 0.227 e. The molecule has 1 atom stereocenters. The summed E-state index contributed by atoms with van der Waals surface area (Å²) in [6.45, 7) is 4.53. The van der Waals surface area contributed by atoms with E-state index in [1.807, 2.05) is 6.20 Å². The van der Waals surface area contributed by atoms with Crippen LogP contribution in [-0.2, 0) is 11.3 Å². The van der Waals surface area contributed by atoms with Crippen molar-refractivity contribution in [3.8, 4) is 0 Å². The van der Waals surface area contributed by atoms with Crippen LogP contribution in [0.4, 0.5) is 0 Å². The number of nitrogens with zero attached hydrogens (tertiary/aromatic N) is 1. The van der Waals surface area contributed by atoms with Crippen LogP contribution in [0.5, 0.6) is 0 Å². The molecule has 1 aliphatic heterocycles. The average molecular weight is 250 g/mol. The van der Waals surface area contributed by atoms with E-state index in [1.165, 1.54) is 0 Å². The minimum Gasteiger partial charge on any atom is -0.351 e. The minimum atomic E-state index is -0.212. The normalized spacial score (nSPS) is 23.8. The lowest BCUT2D eigenvalue weighted by Crippen LogP contribution is -2.50. The molecule has 1 amide bonds. The maximum absolute atomic E-state index is 12.4. The van der Waals surface area contributed by atoms with Gasteiger partial charge in [0, 0.05) is 24.8 Å². The van der Waals surface area contributed by atoms with E-state index in [0.29, 0.717) is 6.54 Å². The predicted molar refractivity (Wildman–Crippen MR) is 69.9 cm³/mol. The highest BCUT2D eigenvalue weighted by Gasteiger charge is 2.38. The van der Waals surface area contributed by atoms with Crippen molar-refractivity contribution in [2.24, 2.45) is 5.41 Å². The first kappa shape index (κ1) is 13.1. The molecule has 0 spiro atoms. The molecule has 0 radical (unpaired) electrons. The standard InChI is InChI=1S/C13H22N4O/c1-2-4-13(5-3-6-14-10-13)12(18)15-7-11-8-16-17-9-11/h8-9,14H,2-7,10H2,1H3,(H,15,18)(H,16,17). The number of piperidine rings is 1. The number of carbonyl (C=O) groups excluding carboxylic acids is 1. The van der Waals surface area contributed by atoms with Gasteiger partial charge >= 0.3 is 0 Å². The topological polar surface area (TPSA) is 69.8 Å². The lowest BCUT2D eigenvalue weighted by atomic mass is 9.76. The number of carbonyl (C=O) groups is 1. The largest absolute Gasteiger partial charge is 0.351 e. The third-order valence-corrected chi connectivity index (χ3v) is 3.69. The summed E-state index contributed by atoms with van der Waals surface area (Å²) in [7, 11) is 0. The molecular weight excluding hydrogens is 228 g/mol. The molecule has 3 N–H and O–H groups in total. The summed E-state index contributed by atoms with van der Waals surface area (Å²) in [5.74, 6) is 0.178. The van der Waals surface area contributed by atoms with Gasteiger partial charge in [-0.15, -0.1) is 0 Å². The van der Waals surface area contributed by atoms with Gasteiger partial charge in [0.1, 0.15) is 0 Å². The number of amides is 1. The zero-order chi connectivity index (χ0) is 12.8. The lowest BCUT2D eigenvalue weighted by Gasteiger charge is -2.36. The molecular formula is C13H22N4O. The highest BCUT2D eigenvalue weighted by Crippen LogP contribution is 2.31. The molecule has 1 aliphatic rings. The van der Waals surface area contributed by atoms with Gasteiger partial charge in [0.25, 0.3) is 0 Å². The van der Waals surface area contributed by atoms with Gasteiger partial charge in [0.15, 0.2) is 0 Å². The third kappa shape index (κ3) is 2.90. The van der Waals surface area contributed by atoms with E-state index in [4.69, 9.17) is 0 Å². The van der Waals surface area contributed by atoms with Crippen LogP contribution in [0.2, 0.25) is 0 Å². The summed E-state index contributed by atoms with van der Waals surface area (Å²) in [5, 5.41) is 13.0. The Bertz CT molecular complexity index is 363. The van der Waals surface area contributed by atoms with Gasteiger partial charge in [-0.2, -0.15) is 5.10 Å². The molecule has 0 bridgehead atoms. The summed E-state index contributed by atoms with van der Waals surface area (Å²) in [6, 6.07) is 0. The van der Waals surface area contributed by atoms with Gasteiger partial charge in [-0.25, -0.2) is 0 Å². The van der Waals surface area contributed by atoms with Crippen molar-refractivity contribution in [1.82, 2.24) is 20.8 Å². The SMILES string of the molecule is CCCC1(C(=O)NCc2cn[nH]c2)CCCNC1. The first-order chi connectivity index (χ1) is 8.77. The Labute approximate surface area is 108 Å². The molecule has 0 aliphatic carbocycles. The van der Waals surface area contributed by atoms with E-state index in [9.17, 15) is 4.79 Å². The highest BCUT2D eigenvalue weighted by molar-refractivity contribution is 5.83. The van der Waals surface area contributed by atoms with Crippen LogP contribution < -0.4 is 10.6 Å². The van der Waals surface area contributed by atoms with Gasteiger partial charge in [-0.3, -0.25) is 9.89 Å². The maximum Gasteiger partial charge on any atom is 0.227 e. The van der Waals surface area contributed by atoms with Crippen molar-refractivity contribution < 1.29 is 4.79 Å². The highest BCUT2D eigenvalue weighted by atomic mass is 16.2. The van der Waals surface area contributed by atoms with E-state index in [-0.39, 0.29) is 11.3 Å². The van der Waals surface area contributed by atoms with Crippen molar-refractivity contribution >= 4 is 5.91 Å². The molecule has 0 saturated carbocycles. The number of rotatable bonds is 5. The lowest BCUT2D eigenvalue weighted by molar-refractivity contribution is -0.132. The first-order valence-corrected chi connectivity index (χ1v) is 6.73. The maximum atomic E-state index is 12.4. The molecule has 5 heteroatoms. The summed E-state index contributed by atoms with van der Waals surface area (Å²) in [5.41, 5.74) is 0.801. The zero-order valence-electron chi connectivity index (χ0n) is 11.0. The van der Waals surface area contributed by atoms with Gasteiger partial charge < -0.3 is 10.6 Å². The number of aromatic amines is 1. The second-order valence-electron chi connectivity index (χ2n) is 5.10. The molecule has 1 fully saturated rings. The van der Waals surface area contributed by atoms with Gasteiger partial charge in [-0.05, 0) is 25.8 Å². The number of H-pyrrole nitrogens is 1. The molecule has 1 saturated heterocycles. The van der Waals surface area contributed by atoms with E-state index < -0.39 is 0 Å². The summed E-state index contributed by atoms with van der Waals surface area (Å²) in [4.78, 5) is 12.4. The Morgan fingerprint density at radius 1 is 1.61 bits per heavy atom. The van der Waals surface area contributed by atoms with Crippen molar-refractivity contribution in [3.05, 3.63) is 18.0 Å². The molecule has 1 unspecified atom stereocenters. The van der Waals surface area contributed by atoms with Crippen LogP contribution in [0.3, 0.4) is 0 Å². The summed E-state index contributed by atoms with van der Waals surface area (Å²) >= 11 is 0. The van der Waals surface area contributed by atoms with Crippen LogP contribution in [-0.4, -0.2) is 29.2 Å². The molecule has 2 heterocycles. The van der Waals surface area contributed by atoms with Crippen LogP contribution in [0.1, 0.15) is 38.2 Å². The number of nitrogens with one attached hydrogen (secondary N) is 3. The van der Waals surface area contributed by atoms with Crippen molar-refractivity contribution in [2.75, 3.05) is 13.1 Å². The van der Waals surface area contributed by atoms with Crippen LogP contribution in [0, 0.1) is 5.41 Å². The molecule has 100 valence electrons. The van der Waals surface area contributed by atoms with Gasteiger partial charge in [0.05, 0.1) is 11.6 Å². The fourth-order valence-electron chi connectivity index (χ4n) is 2.71. The Balaban J connectivity index is 1.95. The Morgan fingerprint density at radius 2 is 2.50 bits per heavy atom. The summed E-state index contributed by atoms with van der Waals surface area (Å²) in [6.07, 6.45) is 7.63. The van der Waals surface area contributed by atoms with E-state index in [2.05, 4.69) is 27.8 Å². The quantitative estimate of drug-likeness (QED) is 0.735. The van der Waals surface area contributed by atoms with Gasteiger partial charge in [0.2, 0.25) is 5.91 Å². The van der Waals surface area contributed by atoms with E-state index in [0.717, 1.165) is 44.3 Å². The average Bonchev–Trinajstić information content (AvgIpc) is 2.90. The zero-order valence-corrected chi connectivity index (χ0v) is 11.0. The van der Waals surface area contributed by atoms with Crippen LogP contribution in [0.25, 0.3) is 0 Å². The van der Waals surface area contributed by atoms with Crippen molar-refractivity contribution in [2.45, 2.75) is 39.2 Å². The fraction of sp³-hybridized carbons (Fsp3) is 0.692.